The van der Waals surface area contributed by atoms with Crippen LogP contribution in [-0.2, 0) is 5.72 Å². The van der Waals surface area contributed by atoms with Crippen LogP contribution in [0.5, 0.6) is 11.5 Å². The molecule has 0 amide bonds. The van der Waals surface area contributed by atoms with Crippen molar-refractivity contribution in [3.63, 3.8) is 0 Å². The van der Waals surface area contributed by atoms with Crippen LogP contribution in [0.4, 0.5) is 5.69 Å². The molecule has 27 heavy (non-hydrogen) atoms. The maximum atomic E-state index is 11.7. The molecule has 3 heterocycles. The van der Waals surface area contributed by atoms with E-state index in [0.29, 0.717) is 25.5 Å². The van der Waals surface area contributed by atoms with Crippen LogP contribution < -0.4 is 31.4 Å². The number of halogens is 1. The van der Waals surface area contributed by atoms with Crippen LogP contribution in [0.25, 0.3) is 0 Å². The molecule has 1 N–H and O–H groups in total. The fourth-order valence-electron chi connectivity index (χ4n) is 3.85. The van der Waals surface area contributed by atoms with E-state index in [1.54, 1.807) is 0 Å². The van der Waals surface area contributed by atoms with Crippen molar-refractivity contribution in [1.82, 2.24) is 0 Å². The van der Waals surface area contributed by atoms with Gasteiger partial charge in [0, 0.05) is 11.3 Å². The van der Waals surface area contributed by atoms with Crippen molar-refractivity contribution in [3.8, 4) is 11.5 Å². The number of thioether (sulfide) groups is 1. The van der Waals surface area contributed by atoms with E-state index < -0.39 is 5.72 Å². The van der Waals surface area contributed by atoms with Gasteiger partial charge in [-0.15, -0.1) is 0 Å². The van der Waals surface area contributed by atoms with Gasteiger partial charge in [-0.2, -0.15) is 0 Å². The molecule has 7 heteroatoms. The van der Waals surface area contributed by atoms with E-state index in [2.05, 4.69) is 21.6 Å². The van der Waals surface area contributed by atoms with Gasteiger partial charge in [0.1, 0.15) is 18.9 Å². The molecular formula is C20H21BrN2O3S. The molecule has 0 spiro atoms. The summed E-state index contributed by atoms with van der Waals surface area (Å²) >= 11 is 1.82. The van der Waals surface area contributed by atoms with E-state index in [4.69, 9.17) is 9.47 Å². The van der Waals surface area contributed by atoms with Crippen molar-refractivity contribution in [2.24, 2.45) is 0 Å². The second kappa shape index (κ2) is 7.37. The van der Waals surface area contributed by atoms with Crippen molar-refractivity contribution in [1.29, 1.82) is 0 Å². The second-order valence-electron chi connectivity index (χ2n) is 6.73. The quantitative estimate of drug-likeness (QED) is 0.635. The number of para-hydroxylation sites is 1. The number of hydrogen-bond donors (Lipinski definition) is 1. The van der Waals surface area contributed by atoms with Crippen molar-refractivity contribution in [3.05, 3.63) is 54.1 Å². The summed E-state index contributed by atoms with van der Waals surface area (Å²) in [5.74, 6) is 2.54. The van der Waals surface area contributed by atoms with Crippen LogP contribution in [0.1, 0.15) is 12.0 Å². The van der Waals surface area contributed by atoms with Crippen LogP contribution in [0.2, 0.25) is 0 Å². The van der Waals surface area contributed by atoms with E-state index >= 15 is 0 Å². The van der Waals surface area contributed by atoms with Gasteiger partial charge in [0.15, 0.2) is 18.0 Å². The van der Waals surface area contributed by atoms with Crippen LogP contribution in [-0.4, -0.2) is 46.9 Å². The monoisotopic (exact) mass is 448 g/mol. The summed E-state index contributed by atoms with van der Waals surface area (Å²) in [6.45, 7) is 2.46. The fourth-order valence-corrected chi connectivity index (χ4v) is 5.03. The molecule has 2 aromatic rings. The summed E-state index contributed by atoms with van der Waals surface area (Å²) in [7, 11) is 0. The predicted octanol–water partition coefficient (Wildman–Crippen LogP) is -0.367. The summed E-state index contributed by atoms with van der Waals surface area (Å²) in [4.78, 5) is 2.22. The van der Waals surface area contributed by atoms with Gasteiger partial charge in [0.2, 0.25) is 0 Å². The molecule has 1 unspecified atom stereocenters. The molecule has 0 saturated carbocycles. The number of fused-ring (bicyclic) bond motifs is 1. The lowest BCUT2D eigenvalue weighted by atomic mass is 10.0. The molecule has 142 valence electrons. The Labute approximate surface area is 173 Å². The van der Waals surface area contributed by atoms with Gasteiger partial charge in [-0.25, -0.2) is 9.48 Å². The van der Waals surface area contributed by atoms with Crippen molar-refractivity contribution in [2.75, 3.05) is 37.0 Å². The molecule has 0 saturated heterocycles. The first-order valence-corrected chi connectivity index (χ1v) is 9.97. The number of rotatable bonds is 2. The van der Waals surface area contributed by atoms with Crippen molar-refractivity contribution >= 4 is 22.6 Å². The highest BCUT2D eigenvalue weighted by molar-refractivity contribution is 8.13. The number of amidine groups is 1. The molecule has 5 rings (SSSR count). The molecule has 0 radical (unpaired) electrons. The minimum Gasteiger partial charge on any atom is -1.00 e. The number of nitrogens with zero attached hydrogens (tertiary/aromatic N) is 2. The zero-order valence-electron chi connectivity index (χ0n) is 14.8. The lowest BCUT2D eigenvalue weighted by molar-refractivity contribution is -0.656. The van der Waals surface area contributed by atoms with Gasteiger partial charge >= 0.3 is 5.17 Å². The molecule has 2 aromatic carbocycles. The third kappa shape index (κ3) is 3.11. The normalized spacial score (nSPS) is 23.7. The first-order chi connectivity index (χ1) is 12.8. The van der Waals surface area contributed by atoms with E-state index in [-0.39, 0.29) is 17.0 Å². The summed E-state index contributed by atoms with van der Waals surface area (Å²) in [6, 6.07) is 16.1. The van der Waals surface area contributed by atoms with E-state index in [1.807, 2.05) is 48.2 Å². The maximum absolute atomic E-state index is 11.7. The van der Waals surface area contributed by atoms with Gasteiger partial charge in [-0.3, -0.25) is 0 Å². The van der Waals surface area contributed by atoms with Crippen molar-refractivity contribution < 1.29 is 36.1 Å². The minimum atomic E-state index is -1.07. The van der Waals surface area contributed by atoms with E-state index in [1.165, 1.54) is 0 Å². The topological polar surface area (TPSA) is 44.9 Å². The number of benzene rings is 2. The summed E-state index contributed by atoms with van der Waals surface area (Å²) in [5.41, 5.74) is 0.879. The lowest BCUT2D eigenvalue weighted by Gasteiger charge is -2.26. The third-order valence-corrected chi connectivity index (χ3v) is 6.31. The smallest absolute Gasteiger partial charge is 0.316 e. The molecule has 0 bridgehead atoms. The summed E-state index contributed by atoms with van der Waals surface area (Å²) in [6.07, 6.45) is 1.06. The van der Waals surface area contributed by atoms with E-state index in [0.717, 1.165) is 40.9 Å². The van der Waals surface area contributed by atoms with E-state index in [9.17, 15) is 5.11 Å². The SMILES string of the molecule is OC1(c2ccc3c(c2)OCCO3)CN(c2ccccc2)C2=[N+]1CCCS2.[Br-]. The van der Waals surface area contributed by atoms with Gasteiger partial charge in [0.25, 0.3) is 5.72 Å². The van der Waals surface area contributed by atoms with Gasteiger partial charge < -0.3 is 31.6 Å². The zero-order chi connectivity index (χ0) is 17.6. The highest BCUT2D eigenvalue weighted by Gasteiger charge is 2.53. The molecule has 1 atom stereocenters. The number of anilines is 1. The molecule has 5 nitrogen and oxygen atoms in total. The molecule has 0 fully saturated rings. The van der Waals surface area contributed by atoms with Crippen LogP contribution in [0.3, 0.4) is 0 Å². The number of ether oxygens (including phenoxy) is 2. The third-order valence-electron chi connectivity index (χ3n) is 5.12. The lowest BCUT2D eigenvalue weighted by Crippen LogP contribution is -3.00. The highest BCUT2D eigenvalue weighted by atomic mass is 79.9. The minimum absolute atomic E-state index is 0. The summed E-state index contributed by atoms with van der Waals surface area (Å²) in [5, 5.41) is 12.9. The Kier molecular flexibility index (Phi) is 5.09. The largest absolute Gasteiger partial charge is 1.00 e. The van der Waals surface area contributed by atoms with Gasteiger partial charge in [-0.05, 0) is 48.5 Å². The molecule has 0 aliphatic carbocycles. The second-order valence-corrected chi connectivity index (χ2v) is 7.80. The first kappa shape index (κ1) is 18.7. The Morgan fingerprint density at radius 2 is 1.81 bits per heavy atom. The Bertz CT molecular complexity index is 877. The Morgan fingerprint density at radius 1 is 1.04 bits per heavy atom. The molecule has 3 aliphatic rings. The van der Waals surface area contributed by atoms with Gasteiger partial charge in [0.05, 0.1) is 6.54 Å². The van der Waals surface area contributed by atoms with Crippen LogP contribution in [0.15, 0.2) is 48.5 Å². The zero-order valence-corrected chi connectivity index (χ0v) is 17.2. The fraction of sp³-hybridized carbons (Fsp3) is 0.350. The highest BCUT2D eigenvalue weighted by Crippen LogP contribution is 2.40. The molecule has 0 aromatic heterocycles. The molecular weight excluding hydrogens is 428 g/mol. The average molecular weight is 449 g/mol. The Morgan fingerprint density at radius 3 is 2.63 bits per heavy atom. The Hall–Kier alpha value is -1.70. The van der Waals surface area contributed by atoms with Gasteiger partial charge in [-0.1, -0.05) is 18.2 Å². The maximum Gasteiger partial charge on any atom is 0.316 e. The van der Waals surface area contributed by atoms with Crippen LogP contribution >= 0.6 is 11.8 Å². The first-order valence-electron chi connectivity index (χ1n) is 8.98. The number of hydrogen-bond acceptors (Lipinski definition) is 5. The van der Waals surface area contributed by atoms with Crippen molar-refractivity contribution in [2.45, 2.75) is 12.1 Å². The Balaban J connectivity index is 0.00000180. The predicted molar refractivity (Wildman–Crippen MR) is 102 cm³/mol. The number of aliphatic hydroxyl groups is 1. The molecule has 3 aliphatic heterocycles. The van der Waals surface area contributed by atoms with Crippen LogP contribution in [0, 0.1) is 0 Å². The standard InChI is InChI=1S/C20H21N2O3S.BrH/c23-20(15-7-8-17-18(13-15)25-11-10-24-17)14-21(16-5-2-1-3-6-16)19-22(20)9-4-12-26-19;/h1-3,5-8,13,23H,4,9-12,14H2;1H/q+1;/p-1. The average Bonchev–Trinajstić information content (AvgIpc) is 3.03. The number of β-amino-alcohol motifs (C(OH)–C–C–N with tert-alkyl or cyclic N) is 1. The summed E-state index contributed by atoms with van der Waals surface area (Å²) < 4.78 is 13.5.